The van der Waals surface area contributed by atoms with E-state index in [1.165, 1.54) is 4.90 Å². The fourth-order valence-electron chi connectivity index (χ4n) is 4.01. The van der Waals surface area contributed by atoms with Crippen LogP contribution in [0, 0.1) is 5.92 Å². The van der Waals surface area contributed by atoms with Crippen molar-refractivity contribution in [2.75, 3.05) is 40.9 Å². The summed E-state index contributed by atoms with van der Waals surface area (Å²) in [6, 6.07) is 13.4. The molecule has 1 fully saturated rings. The Balaban J connectivity index is 2.04. The van der Waals surface area contributed by atoms with E-state index >= 15 is 0 Å². The maximum atomic E-state index is 13.2. The highest BCUT2D eigenvalue weighted by molar-refractivity contribution is 6.46. The summed E-state index contributed by atoms with van der Waals surface area (Å²) in [5.74, 6) is 0.0923. The molecular weight excluding hydrogens is 432 g/mol. The summed E-state index contributed by atoms with van der Waals surface area (Å²) in [6.45, 7) is 5.85. The van der Waals surface area contributed by atoms with Crippen LogP contribution in [0.25, 0.3) is 5.76 Å². The number of carbonyl (C=O) groups is 2. The van der Waals surface area contributed by atoms with Crippen molar-refractivity contribution >= 4 is 17.4 Å². The molecule has 7 heteroatoms. The Morgan fingerprint density at radius 1 is 1.09 bits per heavy atom. The highest BCUT2D eigenvalue weighted by Crippen LogP contribution is 2.42. The molecule has 0 bridgehead atoms. The number of benzene rings is 2. The van der Waals surface area contributed by atoms with E-state index in [0.29, 0.717) is 48.1 Å². The smallest absolute Gasteiger partial charge is 0.295 e. The average Bonchev–Trinajstić information content (AvgIpc) is 3.07. The van der Waals surface area contributed by atoms with Crippen LogP contribution in [-0.4, -0.2) is 67.5 Å². The van der Waals surface area contributed by atoms with Crippen LogP contribution in [-0.2, 0) is 9.59 Å². The topological polar surface area (TPSA) is 79.3 Å². The van der Waals surface area contributed by atoms with Crippen molar-refractivity contribution in [3.05, 3.63) is 65.2 Å². The summed E-state index contributed by atoms with van der Waals surface area (Å²) in [4.78, 5) is 29.8. The molecule has 1 atom stereocenters. The number of ketones is 1. The highest BCUT2D eigenvalue weighted by Gasteiger charge is 2.46. The average molecular weight is 467 g/mol. The van der Waals surface area contributed by atoms with Gasteiger partial charge in [0.25, 0.3) is 11.7 Å². The zero-order valence-electron chi connectivity index (χ0n) is 20.6. The van der Waals surface area contributed by atoms with Gasteiger partial charge in [0.05, 0.1) is 25.3 Å². The molecule has 182 valence electrons. The third kappa shape index (κ3) is 5.59. The van der Waals surface area contributed by atoms with Gasteiger partial charge in [-0.15, -0.1) is 0 Å². The van der Waals surface area contributed by atoms with Gasteiger partial charge in [-0.2, -0.15) is 0 Å². The number of para-hydroxylation sites is 1. The number of amides is 1. The van der Waals surface area contributed by atoms with Crippen LogP contribution >= 0.6 is 0 Å². The predicted molar refractivity (Wildman–Crippen MR) is 132 cm³/mol. The summed E-state index contributed by atoms with van der Waals surface area (Å²) in [5, 5.41) is 11.2. The molecule has 1 heterocycles. The molecule has 0 unspecified atom stereocenters. The summed E-state index contributed by atoms with van der Waals surface area (Å²) in [7, 11) is 5.47. The van der Waals surface area contributed by atoms with E-state index in [4.69, 9.17) is 9.47 Å². The van der Waals surface area contributed by atoms with Crippen molar-refractivity contribution in [3.63, 3.8) is 0 Å². The van der Waals surface area contributed by atoms with Crippen molar-refractivity contribution in [3.8, 4) is 11.5 Å². The minimum absolute atomic E-state index is 0.0650. The summed E-state index contributed by atoms with van der Waals surface area (Å²) >= 11 is 0. The lowest BCUT2D eigenvalue weighted by Gasteiger charge is -2.27. The Morgan fingerprint density at radius 2 is 1.76 bits per heavy atom. The second-order valence-corrected chi connectivity index (χ2v) is 9.12. The Morgan fingerprint density at radius 3 is 2.38 bits per heavy atom. The lowest BCUT2D eigenvalue weighted by atomic mass is 9.94. The first kappa shape index (κ1) is 25.3. The number of carbonyl (C=O) groups excluding carboxylic acids is 2. The molecule has 34 heavy (non-hydrogen) atoms. The molecule has 1 aliphatic rings. The first-order valence-corrected chi connectivity index (χ1v) is 11.5. The van der Waals surface area contributed by atoms with Gasteiger partial charge in [-0.3, -0.25) is 9.59 Å². The quantitative estimate of drug-likeness (QED) is 0.323. The van der Waals surface area contributed by atoms with Crippen LogP contribution in [0.5, 0.6) is 11.5 Å². The largest absolute Gasteiger partial charge is 0.507 e. The third-order valence-corrected chi connectivity index (χ3v) is 5.69. The van der Waals surface area contributed by atoms with Gasteiger partial charge in [0.15, 0.2) is 0 Å². The summed E-state index contributed by atoms with van der Waals surface area (Å²) in [6.07, 6.45) is 0.688. The number of likely N-dealkylation sites (tertiary alicyclic amines) is 1. The van der Waals surface area contributed by atoms with E-state index < -0.39 is 17.7 Å². The van der Waals surface area contributed by atoms with Gasteiger partial charge in [-0.1, -0.05) is 32.0 Å². The molecule has 0 saturated carbocycles. The molecule has 1 aliphatic heterocycles. The normalized spacial score (nSPS) is 17.6. The summed E-state index contributed by atoms with van der Waals surface area (Å²) < 4.78 is 11.3. The zero-order chi connectivity index (χ0) is 24.8. The monoisotopic (exact) mass is 466 g/mol. The van der Waals surface area contributed by atoms with Gasteiger partial charge in [0.1, 0.15) is 17.3 Å². The molecule has 0 aliphatic carbocycles. The molecule has 0 radical (unpaired) electrons. The SMILES string of the molecule is COc1ccccc1[C@H]1C(=C(O)c2ccc(OCC(C)C)cc2)C(=O)C(=O)N1CCCN(C)C. The fourth-order valence-corrected chi connectivity index (χ4v) is 4.01. The van der Waals surface area contributed by atoms with Crippen molar-refractivity contribution in [1.29, 1.82) is 0 Å². The number of methoxy groups -OCH3 is 1. The van der Waals surface area contributed by atoms with Crippen LogP contribution in [0.15, 0.2) is 54.1 Å². The number of hydrogen-bond acceptors (Lipinski definition) is 6. The lowest BCUT2D eigenvalue weighted by molar-refractivity contribution is -0.140. The van der Waals surface area contributed by atoms with Crippen molar-refractivity contribution in [2.24, 2.45) is 5.92 Å². The number of aliphatic hydroxyl groups excluding tert-OH is 1. The van der Waals surface area contributed by atoms with Crippen molar-refractivity contribution in [1.82, 2.24) is 9.80 Å². The van der Waals surface area contributed by atoms with E-state index in [-0.39, 0.29) is 11.3 Å². The zero-order valence-corrected chi connectivity index (χ0v) is 20.6. The van der Waals surface area contributed by atoms with Crippen molar-refractivity contribution in [2.45, 2.75) is 26.3 Å². The molecule has 0 spiro atoms. The fraction of sp³-hybridized carbons (Fsp3) is 0.407. The van der Waals surface area contributed by atoms with Gasteiger partial charge in [0.2, 0.25) is 0 Å². The first-order valence-electron chi connectivity index (χ1n) is 11.5. The lowest BCUT2D eigenvalue weighted by Crippen LogP contribution is -2.32. The second kappa shape index (κ2) is 11.2. The van der Waals surface area contributed by atoms with Gasteiger partial charge in [-0.25, -0.2) is 0 Å². The van der Waals surface area contributed by atoms with Gasteiger partial charge < -0.3 is 24.4 Å². The van der Waals surface area contributed by atoms with Crippen LogP contribution in [0.2, 0.25) is 0 Å². The van der Waals surface area contributed by atoms with Crippen LogP contribution in [0.1, 0.15) is 37.4 Å². The van der Waals surface area contributed by atoms with Gasteiger partial charge >= 0.3 is 0 Å². The van der Waals surface area contributed by atoms with Crippen LogP contribution < -0.4 is 9.47 Å². The number of nitrogens with zero attached hydrogens (tertiary/aromatic N) is 2. The molecule has 2 aromatic rings. The van der Waals surface area contributed by atoms with Gasteiger partial charge in [-0.05, 0) is 63.3 Å². The molecule has 2 aromatic carbocycles. The van der Waals surface area contributed by atoms with E-state index in [0.717, 1.165) is 6.54 Å². The number of aliphatic hydroxyl groups is 1. The number of Topliss-reactive ketones (excluding diaryl/α,β-unsaturated/α-hetero) is 1. The van der Waals surface area contributed by atoms with Gasteiger partial charge in [0, 0.05) is 17.7 Å². The van der Waals surface area contributed by atoms with E-state index in [1.54, 1.807) is 37.4 Å². The maximum absolute atomic E-state index is 13.2. The van der Waals surface area contributed by atoms with Crippen molar-refractivity contribution < 1.29 is 24.2 Å². The third-order valence-electron chi connectivity index (χ3n) is 5.69. The van der Waals surface area contributed by atoms with Crippen LogP contribution in [0.4, 0.5) is 0 Å². The van der Waals surface area contributed by atoms with Crippen LogP contribution in [0.3, 0.4) is 0 Å². The van der Waals surface area contributed by atoms with E-state index in [1.807, 2.05) is 37.2 Å². The standard InChI is InChI=1S/C27H34N2O5/c1-18(2)17-34-20-13-11-19(12-14-20)25(30)23-24(21-9-6-7-10-22(21)33-5)29(27(32)26(23)31)16-8-15-28(3)4/h6-7,9-14,18,24,30H,8,15-17H2,1-5H3/t24-/m0/s1. The Bertz CT molecular complexity index is 1040. The minimum atomic E-state index is -0.741. The Hall–Kier alpha value is -3.32. The number of hydrogen-bond donors (Lipinski definition) is 1. The Kier molecular flexibility index (Phi) is 8.34. The minimum Gasteiger partial charge on any atom is -0.507 e. The van der Waals surface area contributed by atoms with E-state index in [2.05, 4.69) is 13.8 Å². The molecule has 3 rings (SSSR count). The summed E-state index contributed by atoms with van der Waals surface area (Å²) in [5.41, 5.74) is 1.17. The highest BCUT2D eigenvalue weighted by atomic mass is 16.5. The first-order chi connectivity index (χ1) is 16.2. The number of ether oxygens (including phenoxy) is 2. The second-order valence-electron chi connectivity index (χ2n) is 9.12. The molecule has 7 nitrogen and oxygen atoms in total. The molecule has 1 N–H and O–H groups in total. The number of rotatable bonds is 10. The molecule has 1 saturated heterocycles. The molecule has 0 aromatic heterocycles. The molecular formula is C27H34N2O5. The van der Waals surface area contributed by atoms with E-state index in [9.17, 15) is 14.7 Å². The molecule has 1 amide bonds. The maximum Gasteiger partial charge on any atom is 0.295 e. The predicted octanol–water partition coefficient (Wildman–Crippen LogP) is 4.10. The Labute approximate surface area is 201 Å².